The van der Waals surface area contributed by atoms with Gasteiger partial charge < -0.3 is 9.88 Å². The first-order valence-electron chi connectivity index (χ1n) is 7.15. The normalized spacial score (nSPS) is 16.4. The highest BCUT2D eigenvalue weighted by Crippen LogP contribution is 2.29. The van der Waals surface area contributed by atoms with E-state index >= 15 is 0 Å². The van der Waals surface area contributed by atoms with Crippen LogP contribution in [0, 0.1) is 5.41 Å². The molecule has 1 aliphatic heterocycles. The molecular weight excluding hydrogens is 250 g/mol. The summed E-state index contributed by atoms with van der Waals surface area (Å²) in [6.45, 7) is 7.87. The van der Waals surface area contributed by atoms with Crippen molar-refractivity contribution < 1.29 is 4.79 Å². The molecule has 3 rings (SSSR count). The maximum absolute atomic E-state index is 12.1. The number of hydrogen-bond donors (Lipinski definition) is 1. The molecule has 1 N–H and O–H groups in total. The molecule has 20 heavy (non-hydrogen) atoms. The van der Waals surface area contributed by atoms with Crippen molar-refractivity contribution in [3.05, 3.63) is 30.1 Å². The van der Waals surface area contributed by atoms with Crippen molar-refractivity contribution in [1.82, 2.24) is 14.9 Å². The van der Waals surface area contributed by atoms with E-state index in [4.69, 9.17) is 0 Å². The summed E-state index contributed by atoms with van der Waals surface area (Å²) < 4.78 is 0. The van der Waals surface area contributed by atoms with Crippen LogP contribution in [0.1, 0.15) is 38.9 Å². The van der Waals surface area contributed by atoms with E-state index in [2.05, 4.69) is 30.7 Å². The number of carbonyl (C=O) groups excluding carboxylic acids is 1. The van der Waals surface area contributed by atoms with E-state index < -0.39 is 0 Å². The van der Waals surface area contributed by atoms with Gasteiger partial charge in [0.25, 0.3) is 0 Å². The molecule has 4 nitrogen and oxygen atoms in total. The topological polar surface area (TPSA) is 49.0 Å². The Kier molecular flexibility index (Phi) is 3.04. The Morgan fingerprint density at radius 3 is 2.70 bits per heavy atom. The Bertz CT molecular complexity index is 599. The molecular formula is C16H21N3O. The van der Waals surface area contributed by atoms with Crippen LogP contribution in [0.25, 0.3) is 11.0 Å². The molecule has 0 saturated carbocycles. The van der Waals surface area contributed by atoms with E-state index in [-0.39, 0.29) is 11.3 Å². The number of nitrogens with one attached hydrogen (secondary N) is 1. The van der Waals surface area contributed by atoms with Crippen LogP contribution in [0.5, 0.6) is 0 Å². The fourth-order valence-corrected chi connectivity index (χ4v) is 2.59. The highest BCUT2D eigenvalue weighted by atomic mass is 16.2. The number of benzene rings is 1. The quantitative estimate of drug-likeness (QED) is 0.913. The number of nitrogens with zero attached hydrogens (tertiary/aromatic N) is 2. The maximum atomic E-state index is 12.1. The number of para-hydroxylation sites is 2. The lowest BCUT2D eigenvalue weighted by atomic mass is 9.89. The molecule has 0 atom stereocenters. The summed E-state index contributed by atoms with van der Waals surface area (Å²) in [7, 11) is 0. The van der Waals surface area contributed by atoms with Crippen molar-refractivity contribution in [1.29, 1.82) is 0 Å². The Balaban J connectivity index is 1.64. The van der Waals surface area contributed by atoms with E-state index in [1.54, 1.807) is 0 Å². The highest BCUT2D eigenvalue weighted by molar-refractivity contribution is 5.78. The van der Waals surface area contributed by atoms with Gasteiger partial charge in [-0.3, -0.25) is 4.79 Å². The van der Waals surface area contributed by atoms with Gasteiger partial charge in [0, 0.05) is 19.5 Å². The molecule has 1 amide bonds. The van der Waals surface area contributed by atoms with Crippen LogP contribution in [-0.4, -0.2) is 33.9 Å². The number of fused-ring (bicyclic) bond motifs is 1. The van der Waals surface area contributed by atoms with Crippen LogP contribution in [0.4, 0.5) is 0 Å². The number of aromatic amines is 1. The molecule has 0 bridgehead atoms. The van der Waals surface area contributed by atoms with Crippen molar-refractivity contribution >= 4 is 16.9 Å². The zero-order chi connectivity index (χ0) is 14.3. The predicted molar refractivity (Wildman–Crippen MR) is 79.5 cm³/mol. The highest BCUT2D eigenvalue weighted by Gasteiger charge is 2.34. The van der Waals surface area contributed by atoms with Crippen LogP contribution >= 0.6 is 0 Å². The Morgan fingerprint density at radius 2 is 2.05 bits per heavy atom. The average Bonchev–Trinajstić information content (AvgIpc) is 2.67. The van der Waals surface area contributed by atoms with Gasteiger partial charge in [-0.1, -0.05) is 32.9 Å². The lowest BCUT2D eigenvalue weighted by Gasteiger charge is -2.39. The van der Waals surface area contributed by atoms with E-state index in [0.29, 0.717) is 12.3 Å². The van der Waals surface area contributed by atoms with E-state index in [1.807, 2.05) is 29.2 Å². The van der Waals surface area contributed by atoms with Crippen molar-refractivity contribution in [3.63, 3.8) is 0 Å². The molecule has 0 radical (unpaired) electrons. The lowest BCUT2D eigenvalue weighted by molar-refractivity contribution is -0.137. The summed E-state index contributed by atoms with van der Waals surface area (Å²) in [5.74, 6) is 1.61. The first-order valence-corrected chi connectivity index (χ1v) is 7.15. The van der Waals surface area contributed by atoms with Gasteiger partial charge in [-0.2, -0.15) is 0 Å². The zero-order valence-electron chi connectivity index (χ0n) is 12.3. The van der Waals surface area contributed by atoms with Crippen LogP contribution in [0.2, 0.25) is 0 Å². The third-order valence-corrected chi connectivity index (χ3v) is 3.71. The minimum Gasteiger partial charge on any atom is -0.342 e. The van der Waals surface area contributed by atoms with Crippen molar-refractivity contribution in [2.24, 2.45) is 5.41 Å². The fourth-order valence-electron chi connectivity index (χ4n) is 2.59. The van der Waals surface area contributed by atoms with Crippen molar-refractivity contribution in [2.45, 2.75) is 33.1 Å². The number of aromatic nitrogens is 2. The molecule has 2 aromatic rings. The van der Waals surface area contributed by atoms with Gasteiger partial charge in [-0.05, 0) is 17.5 Å². The first kappa shape index (κ1) is 13.2. The molecule has 1 fully saturated rings. The second kappa shape index (κ2) is 4.62. The second-order valence-electron chi connectivity index (χ2n) is 6.87. The summed E-state index contributed by atoms with van der Waals surface area (Å²) in [6, 6.07) is 8.04. The van der Waals surface area contributed by atoms with Gasteiger partial charge in [-0.15, -0.1) is 0 Å². The van der Waals surface area contributed by atoms with Gasteiger partial charge in [0.1, 0.15) is 5.82 Å². The minimum absolute atomic E-state index is 0.0571. The van der Waals surface area contributed by atoms with Crippen LogP contribution in [0.3, 0.4) is 0 Å². The van der Waals surface area contributed by atoms with Gasteiger partial charge in [0.05, 0.1) is 17.0 Å². The SMILES string of the molecule is CC(C)(C)CC(=O)N1CC(c2nc3ccccc3[nH]2)C1. The van der Waals surface area contributed by atoms with Gasteiger partial charge in [-0.25, -0.2) is 4.98 Å². The van der Waals surface area contributed by atoms with Crippen molar-refractivity contribution in [3.8, 4) is 0 Å². The molecule has 4 heteroatoms. The Hall–Kier alpha value is -1.84. The molecule has 1 aromatic heterocycles. The summed E-state index contributed by atoms with van der Waals surface area (Å²) in [5, 5.41) is 0. The minimum atomic E-state index is 0.0571. The third kappa shape index (κ3) is 2.55. The second-order valence-corrected chi connectivity index (χ2v) is 6.87. The van der Waals surface area contributed by atoms with Crippen molar-refractivity contribution in [2.75, 3.05) is 13.1 Å². The summed E-state index contributed by atoms with van der Waals surface area (Å²) in [5.41, 5.74) is 2.13. The molecule has 1 aliphatic rings. The largest absolute Gasteiger partial charge is 0.342 e. The Labute approximate surface area is 119 Å². The number of amides is 1. The molecule has 0 aliphatic carbocycles. The zero-order valence-corrected chi connectivity index (χ0v) is 12.3. The van der Waals surface area contributed by atoms with Gasteiger partial charge in [0.15, 0.2) is 0 Å². The monoisotopic (exact) mass is 271 g/mol. The number of hydrogen-bond acceptors (Lipinski definition) is 2. The molecule has 2 heterocycles. The standard InChI is InChI=1S/C16H21N3O/c1-16(2,3)8-14(20)19-9-11(10-19)15-17-12-6-4-5-7-13(12)18-15/h4-7,11H,8-10H2,1-3H3,(H,17,18). The average molecular weight is 271 g/mol. The fraction of sp³-hybridized carbons (Fsp3) is 0.500. The maximum Gasteiger partial charge on any atom is 0.223 e. The molecule has 0 spiro atoms. The van der Waals surface area contributed by atoms with Crippen LogP contribution in [-0.2, 0) is 4.79 Å². The summed E-state index contributed by atoms with van der Waals surface area (Å²) in [6.07, 6.45) is 0.611. The van der Waals surface area contributed by atoms with E-state index in [0.717, 1.165) is 29.9 Å². The number of H-pyrrole nitrogens is 1. The number of imidazole rings is 1. The molecule has 1 saturated heterocycles. The molecule has 1 aromatic carbocycles. The van der Waals surface area contributed by atoms with E-state index in [9.17, 15) is 4.79 Å². The van der Waals surface area contributed by atoms with Crippen LogP contribution in [0.15, 0.2) is 24.3 Å². The van der Waals surface area contributed by atoms with Gasteiger partial charge in [0.2, 0.25) is 5.91 Å². The summed E-state index contributed by atoms with van der Waals surface area (Å²) >= 11 is 0. The summed E-state index contributed by atoms with van der Waals surface area (Å²) in [4.78, 5) is 22.0. The molecule has 106 valence electrons. The van der Waals surface area contributed by atoms with E-state index in [1.165, 1.54) is 0 Å². The number of likely N-dealkylation sites (tertiary alicyclic amines) is 1. The number of carbonyl (C=O) groups is 1. The molecule has 0 unspecified atom stereocenters. The number of rotatable bonds is 2. The Morgan fingerprint density at radius 1 is 1.35 bits per heavy atom. The third-order valence-electron chi connectivity index (χ3n) is 3.71. The first-order chi connectivity index (χ1) is 9.42. The van der Waals surface area contributed by atoms with Gasteiger partial charge >= 0.3 is 0 Å². The smallest absolute Gasteiger partial charge is 0.223 e. The predicted octanol–water partition coefficient (Wildman–Crippen LogP) is 2.92. The lowest BCUT2D eigenvalue weighted by Crippen LogP contribution is -2.49. The van der Waals surface area contributed by atoms with Crippen LogP contribution < -0.4 is 0 Å².